The molecule has 0 spiro atoms. The normalized spacial score (nSPS) is 11.0. The molecule has 0 radical (unpaired) electrons. The van der Waals surface area contributed by atoms with Crippen LogP contribution in [0.2, 0.25) is 0 Å². The number of rotatable bonds is 9. The molecular weight excluding hydrogens is 459 g/mol. The molecule has 0 bridgehead atoms. The van der Waals surface area contributed by atoms with Crippen molar-refractivity contribution in [2.75, 3.05) is 27.3 Å². The summed E-state index contributed by atoms with van der Waals surface area (Å²) in [5, 5.41) is 6.54. The van der Waals surface area contributed by atoms with Gasteiger partial charge in [-0.05, 0) is 32.4 Å². The summed E-state index contributed by atoms with van der Waals surface area (Å²) in [5.41, 5.74) is 3.02. The number of hydrogen-bond donors (Lipinski definition) is 2. The molecule has 0 saturated heterocycles. The smallest absolute Gasteiger partial charge is 0.191 e. The van der Waals surface area contributed by atoms with E-state index in [1.54, 1.807) is 20.4 Å². The Balaban J connectivity index is 0.00000364. The summed E-state index contributed by atoms with van der Waals surface area (Å²) in [5.74, 6) is 2.46. The summed E-state index contributed by atoms with van der Waals surface area (Å²) >= 11 is 0. The number of methoxy groups -OCH3 is 1. The van der Waals surface area contributed by atoms with Gasteiger partial charge in [-0.3, -0.25) is 9.98 Å². The zero-order valence-electron chi connectivity index (χ0n) is 16.4. The highest BCUT2D eigenvalue weighted by Gasteiger charge is 2.09. The molecule has 7 nitrogen and oxygen atoms in total. The summed E-state index contributed by atoms with van der Waals surface area (Å²) in [6, 6.07) is 3.76. The zero-order chi connectivity index (χ0) is 18.8. The second-order valence-electron chi connectivity index (χ2n) is 5.88. The van der Waals surface area contributed by atoms with Crippen molar-refractivity contribution >= 4 is 29.9 Å². The number of ether oxygens (including phenoxy) is 2. The SMILES string of the molecule is CN=C(NCCCOCc1ccco1)NCc1ncc(C)c(OC)c1C.I. The molecule has 2 aromatic rings. The molecule has 2 N–H and O–H groups in total. The van der Waals surface area contributed by atoms with Crippen LogP contribution in [0.1, 0.15) is 29.0 Å². The summed E-state index contributed by atoms with van der Waals surface area (Å²) in [6.45, 7) is 6.51. The third-order valence-electron chi connectivity index (χ3n) is 3.98. The minimum Gasteiger partial charge on any atom is -0.496 e. The Bertz CT molecular complexity index is 705. The van der Waals surface area contributed by atoms with Gasteiger partial charge in [0, 0.05) is 37.5 Å². The second kappa shape index (κ2) is 12.6. The monoisotopic (exact) mass is 488 g/mol. The highest BCUT2D eigenvalue weighted by atomic mass is 127. The zero-order valence-corrected chi connectivity index (χ0v) is 18.7. The van der Waals surface area contributed by atoms with Crippen LogP contribution in [0.3, 0.4) is 0 Å². The van der Waals surface area contributed by atoms with Crippen molar-refractivity contribution in [2.24, 2.45) is 4.99 Å². The second-order valence-corrected chi connectivity index (χ2v) is 5.88. The van der Waals surface area contributed by atoms with Gasteiger partial charge in [-0.2, -0.15) is 0 Å². The van der Waals surface area contributed by atoms with Crippen LogP contribution in [0, 0.1) is 13.8 Å². The van der Waals surface area contributed by atoms with Gasteiger partial charge in [-0.15, -0.1) is 24.0 Å². The molecule has 150 valence electrons. The highest BCUT2D eigenvalue weighted by molar-refractivity contribution is 14.0. The lowest BCUT2D eigenvalue weighted by molar-refractivity contribution is 0.105. The molecule has 0 saturated carbocycles. The molecule has 2 aromatic heterocycles. The van der Waals surface area contributed by atoms with Gasteiger partial charge in [0.2, 0.25) is 0 Å². The molecule has 0 aromatic carbocycles. The van der Waals surface area contributed by atoms with Crippen LogP contribution in [-0.2, 0) is 17.9 Å². The van der Waals surface area contributed by atoms with Crippen molar-refractivity contribution < 1.29 is 13.9 Å². The predicted octanol–water partition coefficient (Wildman–Crippen LogP) is 3.19. The maximum Gasteiger partial charge on any atom is 0.191 e. The van der Waals surface area contributed by atoms with Crippen molar-refractivity contribution in [2.45, 2.75) is 33.4 Å². The van der Waals surface area contributed by atoms with Crippen molar-refractivity contribution in [3.8, 4) is 5.75 Å². The number of guanidine groups is 1. The van der Waals surface area contributed by atoms with Crippen molar-refractivity contribution in [1.29, 1.82) is 0 Å². The van der Waals surface area contributed by atoms with Crippen LogP contribution in [0.5, 0.6) is 5.75 Å². The first-order chi connectivity index (χ1) is 12.7. The summed E-state index contributed by atoms with van der Waals surface area (Å²) in [4.78, 5) is 8.71. The number of furan rings is 1. The van der Waals surface area contributed by atoms with Gasteiger partial charge in [0.05, 0.1) is 25.6 Å². The third kappa shape index (κ3) is 7.37. The number of halogens is 1. The lowest BCUT2D eigenvalue weighted by atomic mass is 10.1. The third-order valence-corrected chi connectivity index (χ3v) is 3.98. The van der Waals surface area contributed by atoms with Gasteiger partial charge in [-0.1, -0.05) is 0 Å². The molecule has 0 atom stereocenters. The van der Waals surface area contributed by atoms with E-state index in [0.29, 0.717) is 19.8 Å². The van der Waals surface area contributed by atoms with Crippen LogP contribution < -0.4 is 15.4 Å². The van der Waals surface area contributed by atoms with Gasteiger partial charge < -0.3 is 24.5 Å². The number of aromatic nitrogens is 1. The van der Waals surface area contributed by atoms with Gasteiger partial charge in [0.1, 0.15) is 18.1 Å². The Hall–Kier alpha value is -1.81. The summed E-state index contributed by atoms with van der Waals surface area (Å²) in [7, 11) is 3.43. The van der Waals surface area contributed by atoms with E-state index in [2.05, 4.69) is 20.6 Å². The average molecular weight is 488 g/mol. The predicted molar refractivity (Wildman–Crippen MR) is 117 cm³/mol. The largest absolute Gasteiger partial charge is 0.496 e. The van der Waals surface area contributed by atoms with Gasteiger partial charge in [0.15, 0.2) is 5.96 Å². The molecule has 0 fully saturated rings. The standard InChI is InChI=1S/C19H28N4O3.HI/c1-14-11-22-17(15(2)18(14)24-4)12-23-19(20-3)21-8-6-9-25-13-16-7-5-10-26-16;/h5,7,10-11H,6,8-9,12-13H2,1-4H3,(H2,20,21,23);1H. The van der Waals surface area contributed by atoms with Gasteiger partial charge in [0.25, 0.3) is 0 Å². The molecule has 2 heterocycles. The van der Waals surface area contributed by atoms with E-state index in [4.69, 9.17) is 13.9 Å². The van der Waals surface area contributed by atoms with Crippen molar-refractivity contribution in [3.05, 3.63) is 47.2 Å². The minimum atomic E-state index is 0. The molecule has 0 aliphatic rings. The number of nitrogens with zero attached hydrogens (tertiary/aromatic N) is 2. The van der Waals surface area contributed by atoms with E-state index < -0.39 is 0 Å². The lowest BCUT2D eigenvalue weighted by Gasteiger charge is -2.15. The fraction of sp³-hybridized carbons (Fsp3) is 0.474. The summed E-state index contributed by atoms with van der Waals surface area (Å²) < 4.78 is 16.2. The van der Waals surface area contributed by atoms with Crippen molar-refractivity contribution in [1.82, 2.24) is 15.6 Å². The minimum absolute atomic E-state index is 0. The molecule has 8 heteroatoms. The van der Waals surface area contributed by atoms with E-state index in [1.807, 2.05) is 32.2 Å². The molecular formula is C19H29IN4O3. The van der Waals surface area contributed by atoms with Crippen LogP contribution in [-0.4, -0.2) is 38.3 Å². The first-order valence-electron chi connectivity index (χ1n) is 8.69. The van der Waals surface area contributed by atoms with E-state index in [1.165, 1.54) is 0 Å². The topological polar surface area (TPSA) is 80.9 Å². The number of hydrogen-bond acceptors (Lipinski definition) is 5. The average Bonchev–Trinajstić information content (AvgIpc) is 3.15. The van der Waals surface area contributed by atoms with E-state index in [0.717, 1.165) is 47.3 Å². The van der Waals surface area contributed by atoms with Crippen LogP contribution >= 0.6 is 24.0 Å². The molecule has 0 amide bonds. The number of nitrogens with one attached hydrogen (secondary N) is 2. The number of pyridine rings is 1. The van der Waals surface area contributed by atoms with E-state index in [9.17, 15) is 0 Å². The molecule has 0 unspecified atom stereocenters. The fourth-order valence-electron chi connectivity index (χ4n) is 2.59. The highest BCUT2D eigenvalue weighted by Crippen LogP contribution is 2.23. The molecule has 0 aliphatic carbocycles. The summed E-state index contributed by atoms with van der Waals surface area (Å²) in [6.07, 6.45) is 4.35. The number of aliphatic imine (C=N–C) groups is 1. The molecule has 2 rings (SSSR count). The maximum absolute atomic E-state index is 5.56. The molecule has 27 heavy (non-hydrogen) atoms. The Morgan fingerprint density at radius 3 is 2.78 bits per heavy atom. The van der Waals surface area contributed by atoms with E-state index in [-0.39, 0.29) is 24.0 Å². The first kappa shape index (κ1) is 23.2. The lowest BCUT2D eigenvalue weighted by Crippen LogP contribution is -2.37. The van der Waals surface area contributed by atoms with E-state index >= 15 is 0 Å². The maximum atomic E-state index is 5.56. The van der Waals surface area contributed by atoms with Crippen LogP contribution in [0.4, 0.5) is 0 Å². The Morgan fingerprint density at radius 1 is 1.30 bits per heavy atom. The van der Waals surface area contributed by atoms with Gasteiger partial charge in [-0.25, -0.2) is 0 Å². The van der Waals surface area contributed by atoms with Crippen molar-refractivity contribution in [3.63, 3.8) is 0 Å². The fourth-order valence-corrected chi connectivity index (χ4v) is 2.59. The number of aryl methyl sites for hydroxylation is 1. The Kier molecular flexibility index (Phi) is 10.8. The Labute approximate surface area is 178 Å². The van der Waals surface area contributed by atoms with Crippen LogP contribution in [0.25, 0.3) is 0 Å². The Morgan fingerprint density at radius 2 is 2.11 bits per heavy atom. The van der Waals surface area contributed by atoms with Crippen LogP contribution in [0.15, 0.2) is 34.0 Å². The molecule has 0 aliphatic heterocycles. The first-order valence-corrected chi connectivity index (χ1v) is 8.69. The quantitative estimate of drug-likeness (QED) is 0.244. The van der Waals surface area contributed by atoms with Gasteiger partial charge >= 0.3 is 0 Å².